The van der Waals surface area contributed by atoms with Crippen LogP contribution in [0.1, 0.15) is 30.9 Å². The summed E-state index contributed by atoms with van der Waals surface area (Å²) in [6.45, 7) is 2.50. The number of nitrogens with one attached hydrogen (secondary N) is 2. The van der Waals surface area contributed by atoms with Crippen LogP contribution < -0.4 is 10.9 Å². The quantitative estimate of drug-likeness (QED) is 0.888. The van der Waals surface area contributed by atoms with Crippen molar-refractivity contribution in [2.45, 2.75) is 31.2 Å². The average Bonchev–Trinajstić information content (AvgIpc) is 3.15. The highest BCUT2D eigenvalue weighted by Gasteiger charge is 2.31. The van der Waals surface area contributed by atoms with Gasteiger partial charge in [0.2, 0.25) is 5.91 Å². The van der Waals surface area contributed by atoms with Gasteiger partial charge in [0.25, 0.3) is 0 Å². The monoisotopic (exact) mass is 310 g/mol. The van der Waals surface area contributed by atoms with E-state index in [2.05, 4.69) is 40.1 Å². The molecule has 1 aromatic carbocycles. The molecule has 4 rings (SSSR count). The maximum Gasteiger partial charge on any atom is 0.241 e. The number of carbonyl (C=O) groups excluding carboxylic acids is 1. The molecule has 23 heavy (non-hydrogen) atoms. The van der Waals surface area contributed by atoms with Crippen molar-refractivity contribution in [3.05, 3.63) is 42.2 Å². The van der Waals surface area contributed by atoms with Crippen LogP contribution in [0.2, 0.25) is 0 Å². The lowest BCUT2D eigenvalue weighted by molar-refractivity contribution is -0.134. The summed E-state index contributed by atoms with van der Waals surface area (Å²) in [5.74, 6) is 0.562. The van der Waals surface area contributed by atoms with Gasteiger partial charge in [-0.3, -0.25) is 15.2 Å². The third kappa shape index (κ3) is 2.94. The first-order valence-electron chi connectivity index (χ1n) is 8.43. The number of fused-ring (bicyclic) bond motifs is 1. The Morgan fingerprint density at radius 2 is 2.09 bits per heavy atom. The van der Waals surface area contributed by atoms with Crippen LogP contribution in [0, 0.1) is 0 Å². The summed E-state index contributed by atoms with van der Waals surface area (Å²) in [5.41, 5.74) is 7.23. The van der Waals surface area contributed by atoms with E-state index in [1.807, 2.05) is 17.2 Å². The summed E-state index contributed by atoms with van der Waals surface area (Å²) in [5, 5.41) is 2.39. The molecule has 1 aromatic heterocycles. The molecule has 1 amide bonds. The van der Waals surface area contributed by atoms with Gasteiger partial charge in [0.15, 0.2) is 0 Å². The van der Waals surface area contributed by atoms with Gasteiger partial charge in [-0.1, -0.05) is 24.3 Å². The molecule has 0 radical (unpaired) electrons. The third-order valence-corrected chi connectivity index (χ3v) is 4.94. The number of pyridine rings is 1. The van der Waals surface area contributed by atoms with Gasteiger partial charge < -0.3 is 4.90 Å². The topological polar surface area (TPSA) is 57.3 Å². The summed E-state index contributed by atoms with van der Waals surface area (Å²) < 4.78 is 0. The minimum absolute atomic E-state index is 0.0710. The first kappa shape index (κ1) is 14.6. The molecule has 2 aliphatic heterocycles. The Hall–Kier alpha value is -1.98. The van der Waals surface area contributed by atoms with Crippen LogP contribution >= 0.6 is 0 Å². The highest BCUT2D eigenvalue weighted by molar-refractivity contribution is 5.83. The van der Waals surface area contributed by atoms with E-state index < -0.39 is 0 Å². The maximum absolute atomic E-state index is 12.6. The van der Waals surface area contributed by atoms with Crippen molar-refractivity contribution in [1.82, 2.24) is 20.7 Å². The molecule has 2 unspecified atom stereocenters. The minimum atomic E-state index is -0.0710. The van der Waals surface area contributed by atoms with Crippen LogP contribution in [0.5, 0.6) is 0 Å². The zero-order valence-electron chi connectivity index (χ0n) is 13.2. The number of piperidine rings is 1. The van der Waals surface area contributed by atoms with Crippen LogP contribution in [-0.2, 0) is 4.79 Å². The van der Waals surface area contributed by atoms with Crippen molar-refractivity contribution in [1.29, 1.82) is 0 Å². The Kier molecular flexibility index (Phi) is 3.97. The molecule has 2 atom stereocenters. The first-order valence-corrected chi connectivity index (χ1v) is 8.43. The van der Waals surface area contributed by atoms with E-state index >= 15 is 0 Å². The number of likely N-dealkylation sites (tertiary alicyclic amines) is 1. The Morgan fingerprint density at radius 3 is 2.91 bits per heavy atom. The standard InChI is InChI=1S/C18H22N4O/c23-18(16-7-8-20-21-16)22-9-3-6-15(12-22)17-10-13-4-1-2-5-14(13)11-19-17/h1-2,4-5,10-11,15-16,20-21H,3,6-9,12H2. The number of aromatic nitrogens is 1. The fourth-order valence-electron chi connectivity index (χ4n) is 3.63. The molecule has 120 valence electrons. The van der Waals surface area contributed by atoms with Crippen LogP contribution in [0.25, 0.3) is 10.8 Å². The van der Waals surface area contributed by atoms with Gasteiger partial charge in [-0.15, -0.1) is 0 Å². The van der Waals surface area contributed by atoms with E-state index in [4.69, 9.17) is 0 Å². The molecule has 3 heterocycles. The number of hydrogen-bond acceptors (Lipinski definition) is 4. The summed E-state index contributed by atoms with van der Waals surface area (Å²) >= 11 is 0. The van der Waals surface area contributed by atoms with Gasteiger partial charge in [0, 0.05) is 42.8 Å². The second kappa shape index (κ2) is 6.26. The maximum atomic E-state index is 12.6. The van der Waals surface area contributed by atoms with Gasteiger partial charge in [0.05, 0.1) is 0 Å². The van der Waals surface area contributed by atoms with E-state index in [0.717, 1.165) is 44.6 Å². The van der Waals surface area contributed by atoms with Crippen molar-refractivity contribution in [2.24, 2.45) is 0 Å². The first-order chi connectivity index (χ1) is 11.3. The second-order valence-electron chi connectivity index (χ2n) is 6.49. The zero-order chi connectivity index (χ0) is 15.6. The predicted molar refractivity (Wildman–Crippen MR) is 89.8 cm³/mol. The molecule has 2 saturated heterocycles. The number of nitrogens with zero attached hydrogens (tertiary/aromatic N) is 2. The van der Waals surface area contributed by atoms with Gasteiger partial charge >= 0.3 is 0 Å². The smallest absolute Gasteiger partial charge is 0.241 e. The van der Waals surface area contributed by atoms with Crippen LogP contribution in [-0.4, -0.2) is 41.5 Å². The molecule has 0 bridgehead atoms. The second-order valence-corrected chi connectivity index (χ2v) is 6.49. The summed E-state index contributed by atoms with van der Waals surface area (Å²) in [6.07, 6.45) is 4.97. The lowest BCUT2D eigenvalue weighted by Crippen LogP contribution is -2.48. The van der Waals surface area contributed by atoms with Crippen molar-refractivity contribution in [2.75, 3.05) is 19.6 Å². The number of amides is 1. The van der Waals surface area contributed by atoms with Gasteiger partial charge in [-0.05, 0) is 30.7 Å². The van der Waals surface area contributed by atoms with Crippen molar-refractivity contribution >= 4 is 16.7 Å². The van der Waals surface area contributed by atoms with Crippen LogP contribution in [0.3, 0.4) is 0 Å². The largest absolute Gasteiger partial charge is 0.341 e. The molecular weight excluding hydrogens is 288 g/mol. The Bertz CT molecular complexity index is 711. The van der Waals surface area contributed by atoms with Crippen molar-refractivity contribution < 1.29 is 4.79 Å². The third-order valence-electron chi connectivity index (χ3n) is 4.94. The summed E-state index contributed by atoms with van der Waals surface area (Å²) in [6, 6.07) is 10.4. The molecule has 5 nitrogen and oxygen atoms in total. The van der Waals surface area contributed by atoms with E-state index in [1.54, 1.807) is 0 Å². The highest BCUT2D eigenvalue weighted by atomic mass is 16.2. The normalized spacial score (nSPS) is 25.0. The highest BCUT2D eigenvalue weighted by Crippen LogP contribution is 2.28. The molecule has 5 heteroatoms. The Labute approximate surface area is 136 Å². The predicted octanol–water partition coefficient (Wildman–Crippen LogP) is 1.81. The van der Waals surface area contributed by atoms with Crippen LogP contribution in [0.15, 0.2) is 36.5 Å². The number of hydrazine groups is 1. The number of carbonyl (C=O) groups is 1. The fraction of sp³-hybridized carbons (Fsp3) is 0.444. The lowest BCUT2D eigenvalue weighted by Gasteiger charge is -2.34. The van der Waals surface area contributed by atoms with Gasteiger partial charge in [-0.25, -0.2) is 5.43 Å². The SMILES string of the molecule is O=C(C1CCNN1)N1CCCC(c2cc3ccccc3cn2)C1. The molecule has 0 aliphatic carbocycles. The van der Waals surface area contributed by atoms with Gasteiger partial charge in [0.1, 0.15) is 6.04 Å². The average molecular weight is 310 g/mol. The van der Waals surface area contributed by atoms with E-state index in [-0.39, 0.29) is 11.9 Å². The molecular formula is C18H22N4O. The minimum Gasteiger partial charge on any atom is -0.341 e. The molecule has 0 saturated carbocycles. The number of benzene rings is 1. The summed E-state index contributed by atoms with van der Waals surface area (Å²) in [4.78, 5) is 19.3. The fourth-order valence-corrected chi connectivity index (χ4v) is 3.63. The van der Waals surface area contributed by atoms with Crippen molar-refractivity contribution in [3.63, 3.8) is 0 Å². The van der Waals surface area contributed by atoms with E-state index in [0.29, 0.717) is 5.92 Å². The molecule has 2 fully saturated rings. The zero-order valence-corrected chi connectivity index (χ0v) is 13.2. The van der Waals surface area contributed by atoms with E-state index in [9.17, 15) is 4.79 Å². The molecule has 2 aromatic rings. The molecule has 0 spiro atoms. The molecule has 2 aliphatic rings. The van der Waals surface area contributed by atoms with Crippen molar-refractivity contribution in [3.8, 4) is 0 Å². The molecule has 2 N–H and O–H groups in total. The lowest BCUT2D eigenvalue weighted by atomic mass is 9.93. The Balaban J connectivity index is 1.52. The van der Waals surface area contributed by atoms with Gasteiger partial charge in [-0.2, -0.15) is 0 Å². The van der Waals surface area contributed by atoms with Crippen LogP contribution in [0.4, 0.5) is 0 Å². The van der Waals surface area contributed by atoms with E-state index in [1.165, 1.54) is 10.8 Å². The number of rotatable bonds is 2. The Morgan fingerprint density at radius 1 is 1.22 bits per heavy atom. The number of hydrogen-bond donors (Lipinski definition) is 2. The summed E-state index contributed by atoms with van der Waals surface area (Å²) in [7, 11) is 0.